The summed E-state index contributed by atoms with van der Waals surface area (Å²) in [6, 6.07) is 21.8. The van der Waals surface area contributed by atoms with Gasteiger partial charge < -0.3 is 20.4 Å². The molecule has 39 heavy (non-hydrogen) atoms. The number of nitrogens with zero attached hydrogens (tertiary/aromatic N) is 4. The van der Waals surface area contributed by atoms with Gasteiger partial charge in [-0.1, -0.05) is 74.4 Å². The molecule has 7 heteroatoms. The second-order valence-electron chi connectivity index (χ2n) is 11.7. The lowest BCUT2D eigenvalue weighted by molar-refractivity contribution is 0.435. The first kappa shape index (κ1) is 26.1. The van der Waals surface area contributed by atoms with Gasteiger partial charge in [-0.2, -0.15) is 9.97 Å². The van der Waals surface area contributed by atoms with Gasteiger partial charge in [0.1, 0.15) is 11.6 Å². The molecular formula is C32H40N6S. The number of hydrogen-bond acceptors (Lipinski definition) is 5. The van der Waals surface area contributed by atoms with Crippen LogP contribution in [0.3, 0.4) is 0 Å². The first-order valence-corrected chi connectivity index (χ1v) is 15.0. The predicted octanol–water partition coefficient (Wildman–Crippen LogP) is 6.07. The molecule has 1 aliphatic carbocycles. The molecule has 1 unspecified atom stereocenters. The normalized spacial score (nSPS) is 20.4. The summed E-state index contributed by atoms with van der Waals surface area (Å²) in [4.78, 5) is 14.8. The zero-order valence-electron chi connectivity index (χ0n) is 23.0. The van der Waals surface area contributed by atoms with Crippen LogP contribution >= 0.6 is 12.2 Å². The van der Waals surface area contributed by atoms with Crippen molar-refractivity contribution in [2.24, 2.45) is 5.92 Å². The summed E-state index contributed by atoms with van der Waals surface area (Å²) in [7, 11) is 0. The van der Waals surface area contributed by atoms with Crippen molar-refractivity contribution in [3.05, 3.63) is 77.4 Å². The van der Waals surface area contributed by atoms with Crippen LogP contribution in [0.5, 0.6) is 0 Å². The van der Waals surface area contributed by atoms with Gasteiger partial charge >= 0.3 is 0 Å². The maximum Gasteiger partial charge on any atom is 0.232 e. The number of thiocarbonyl (C=S) groups is 1. The van der Waals surface area contributed by atoms with Crippen LogP contribution in [0, 0.1) is 5.92 Å². The van der Waals surface area contributed by atoms with Crippen molar-refractivity contribution in [2.75, 3.05) is 41.3 Å². The average Bonchev–Trinajstić information content (AvgIpc) is 3.46. The highest BCUT2D eigenvalue weighted by Crippen LogP contribution is 2.40. The number of hydrogen-bond donors (Lipinski definition) is 2. The molecule has 2 fully saturated rings. The summed E-state index contributed by atoms with van der Waals surface area (Å²) in [5.74, 6) is 3.21. The van der Waals surface area contributed by atoms with E-state index in [1.165, 1.54) is 55.2 Å². The minimum atomic E-state index is 0.131. The van der Waals surface area contributed by atoms with E-state index in [-0.39, 0.29) is 5.41 Å². The van der Waals surface area contributed by atoms with Crippen molar-refractivity contribution in [1.82, 2.24) is 15.3 Å². The van der Waals surface area contributed by atoms with E-state index in [1.807, 2.05) is 0 Å². The molecule has 0 amide bonds. The molecular weight excluding hydrogens is 500 g/mol. The molecule has 2 aromatic carbocycles. The molecule has 1 atom stereocenters. The van der Waals surface area contributed by atoms with Gasteiger partial charge in [-0.3, -0.25) is 0 Å². The van der Waals surface area contributed by atoms with Crippen LogP contribution < -0.4 is 20.4 Å². The molecule has 3 heterocycles. The summed E-state index contributed by atoms with van der Waals surface area (Å²) >= 11 is 5.81. The fraction of sp³-hybridized carbons (Fsp3) is 0.469. The highest BCUT2D eigenvalue weighted by molar-refractivity contribution is 7.80. The number of nitrogens with one attached hydrogen (secondary N) is 2. The topological polar surface area (TPSA) is 56.3 Å². The Morgan fingerprint density at radius 2 is 1.64 bits per heavy atom. The lowest BCUT2D eigenvalue weighted by Crippen LogP contribution is -2.41. The number of rotatable bonds is 6. The minimum Gasteiger partial charge on any atom is -0.361 e. The maximum atomic E-state index is 5.81. The van der Waals surface area contributed by atoms with Gasteiger partial charge in [0.05, 0.1) is 0 Å². The second kappa shape index (κ2) is 11.5. The fourth-order valence-corrected chi connectivity index (χ4v) is 6.86. The smallest absolute Gasteiger partial charge is 0.232 e. The Morgan fingerprint density at radius 3 is 2.41 bits per heavy atom. The maximum absolute atomic E-state index is 5.81. The van der Waals surface area contributed by atoms with Crippen molar-refractivity contribution in [3.8, 4) is 0 Å². The molecule has 6 nitrogen and oxygen atoms in total. The van der Waals surface area contributed by atoms with E-state index >= 15 is 0 Å². The summed E-state index contributed by atoms with van der Waals surface area (Å²) in [5, 5.41) is 7.51. The van der Waals surface area contributed by atoms with Crippen molar-refractivity contribution >= 4 is 34.9 Å². The molecule has 0 spiro atoms. The van der Waals surface area contributed by atoms with Crippen molar-refractivity contribution in [1.29, 1.82) is 0 Å². The summed E-state index contributed by atoms with van der Waals surface area (Å²) < 4.78 is 0. The highest BCUT2D eigenvalue weighted by Gasteiger charge is 2.35. The van der Waals surface area contributed by atoms with Crippen LogP contribution in [0.15, 0.2) is 60.7 Å². The van der Waals surface area contributed by atoms with Crippen molar-refractivity contribution in [3.63, 3.8) is 0 Å². The summed E-state index contributed by atoms with van der Waals surface area (Å²) in [5.41, 5.74) is 4.36. The predicted molar refractivity (Wildman–Crippen MR) is 165 cm³/mol. The largest absolute Gasteiger partial charge is 0.361 e. The van der Waals surface area contributed by atoms with Crippen LogP contribution in [-0.2, 0) is 18.4 Å². The summed E-state index contributed by atoms with van der Waals surface area (Å²) in [6.45, 7) is 7.03. The van der Waals surface area contributed by atoms with E-state index in [4.69, 9.17) is 22.2 Å². The van der Waals surface area contributed by atoms with Gasteiger partial charge in [0.15, 0.2) is 5.11 Å². The van der Waals surface area contributed by atoms with E-state index in [2.05, 4.69) is 88.0 Å². The second-order valence-corrected chi connectivity index (χ2v) is 12.1. The number of benzene rings is 2. The monoisotopic (exact) mass is 540 g/mol. The van der Waals surface area contributed by atoms with Gasteiger partial charge in [-0.15, -0.1) is 0 Å². The molecule has 0 radical (unpaired) electrons. The van der Waals surface area contributed by atoms with Crippen molar-refractivity contribution < 1.29 is 0 Å². The SMILES string of the molecule is CC1CCCN(c2cc(N3CCc4ccccc4C3)nc(NC(=S)NCC3(c4ccccc4)CCCC3)n2)C1. The Kier molecular flexibility index (Phi) is 7.69. The van der Waals surface area contributed by atoms with Gasteiger partial charge in [0.2, 0.25) is 5.95 Å². The third-order valence-corrected chi connectivity index (χ3v) is 9.14. The van der Waals surface area contributed by atoms with Crippen LogP contribution in [0.25, 0.3) is 0 Å². The lowest BCUT2D eigenvalue weighted by Gasteiger charge is -2.34. The number of aromatic nitrogens is 2. The first-order valence-electron chi connectivity index (χ1n) is 14.6. The zero-order valence-corrected chi connectivity index (χ0v) is 23.8. The molecule has 1 saturated carbocycles. The molecule has 2 N–H and O–H groups in total. The van der Waals surface area contributed by atoms with E-state index in [0.29, 0.717) is 17.0 Å². The lowest BCUT2D eigenvalue weighted by atomic mass is 9.79. The van der Waals surface area contributed by atoms with Crippen LogP contribution in [0.2, 0.25) is 0 Å². The van der Waals surface area contributed by atoms with Gasteiger partial charge in [-0.25, -0.2) is 0 Å². The molecule has 204 valence electrons. The minimum absolute atomic E-state index is 0.131. The third-order valence-electron chi connectivity index (χ3n) is 8.89. The zero-order chi connectivity index (χ0) is 26.7. The highest BCUT2D eigenvalue weighted by atomic mass is 32.1. The quantitative estimate of drug-likeness (QED) is 0.368. The molecule has 3 aromatic rings. The molecule has 1 aromatic heterocycles. The van der Waals surface area contributed by atoms with E-state index in [9.17, 15) is 0 Å². The van der Waals surface area contributed by atoms with Gasteiger partial charge in [0.25, 0.3) is 0 Å². The Balaban J connectivity index is 1.21. The Bertz CT molecular complexity index is 1290. The molecule has 2 aliphatic heterocycles. The summed E-state index contributed by atoms with van der Waals surface area (Å²) in [6.07, 6.45) is 8.40. The van der Waals surface area contributed by atoms with E-state index < -0.39 is 0 Å². The van der Waals surface area contributed by atoms with E-state index in [1.54, 1.807) is 0 Å². The Hall–Kier alpha value is -3.19. The molecule has 1 saturated heterocycles. The third kappa shape index (κ3) is 5.88. The Labute approximate surface area is 238 Å². The first-order chi connectivity index (χ1) is 19.1. The fourth-order valence-electron chi connectivity index (χ4n) is 6.70. The van der Waals surface area contributed by atoms with Crippen molar-refractivity contribution in [2.45, 2.75) is 63.8 Å². The van der Waals surface area contributed by atoms with Crippen LogP contribution in [-0.4, -0.2) is 41.3 Å². The average molecular weight is 541 g/mol. The van der Waals surface area contributed by atoms with Gasteiger partial charge in [-0.05, 0) is 66.9 Å². The number of anilines is 3. The number of piperidine rings is 1. The molecule has 3 aliphatic rings. The molecule has 6 rings (SSSR count). The molecule has 0 bridgehead atoms. The standard InChI is InChI=1S/C32H40N6S/c1-24-10-9-18-37(21-24)28-20-29(38-19-15-25-11-5-6-12-26(25)22-38)35-30(34-28)36-31(39)33-23-32(16-7-8-17-32)27-13-3-2-4-14-27/h2-6,11-14,20,24H,7-10,15-19,21-23H2,1H3,(H2,33,34,35,36,39). The van der Waals surface area contributed by atoms with Gasteiger partial charge in [0, 0.05) is 44.2 Å². The Morgan fingerprint density at radius 1 is 0.923 bits per heavy atom. The van der Waals surface area contributed by atoms with Crippen LogP contribution in [0.4, 0.5) is 17.6 Å². The van der Waals surface area contributed by atoms with E-state index in [0.717, 1.165) is 50.8 Å². The number of fused-ring (bicyclic) bond motifs is 1. The van der Waals surface area contributed by atoms with Crippen LogP contribution in [0.1, 0.15) is 62.1 Å².